The van der Waals surface area contributed by atoms with Gasteiger partial charge in [0.15, 0.2) is 9.84 Å². The highest BCUT2D eigenvalue weighted by atomic mass is 32.2. The number of hydroxylamine groups is 1. The molecular formula is C19H23NO6S2. The molecule has 1 amide bonds. The summed E-state index contributed by atoms with van der Waals surface area (Å²) in [7, 11) is -3.56. The van der Waals surface area contributed by atoms with Crippen LogP contribution in [0.3, 0.4) is 0 Å². The van der Waals surface area contributed by atoms with Crippen molar-refractivity contribution in [1.29, 1.82) is 0 Å². The van der Waals surface area contributed by atoms with Gasteiger partial charge in [0.2, 0.25) is 5.91 Å². The number of amides is 1. The molecule has 3 rings (SSSR count). The Labute approximate surface area is 167 Å². The first-order valence-electron chi connectivity index (χ1n) is 8.98. The lowest BCUT2D eigenvalue weighted by atomic mass is 9.94. The Bertz CT molecular complexity index is 938. The van der Waals surface area contributed by atoms with Crippen molar-refractivity contribution >= 4 is 27.1 Å². The van der Waals surface area contributed by atoms with Crippen LogP contribution in [0.15, 0.2) is 36.4 Å². The van der Waals surface area contributed by atoms with Gasteiger partial charge in [-0.2, -0.15) is 0 Å². The number of aliphatic hydroxyl groups excluding tert-OH is 2. The molecule has 1 aliphatic rings. The summed E-state index contributed by atoms with van der Waals surface area (Å²) in [5.74, 6) is -0.699. The summed E-state index contributed by atoms with van der Waals surface area (Å²) in [6.07, 6.45) is 0.342. The number of carbonyl (C=O) groups excluding carboxylic acids is 1. The molecule has 1 fully saturated rings. The van der Waals surface area contributed by atoms with Crippen molar-refractivity contribution in [3.8, 4) is 10.4 Å². The number of carbonyl (C=O) groups is 1. The predicted octanol–water partition coefficient (Wildman–Crippen LogP) is 2.13. The van der Waals surface area contributed by atoms with Crippen molar-refractivity contribution in [2.75, 3.05) is 12.4 Å². The monoisotopic (exact) mass is 425 g/mol. The van der Waals surface area contributed by atoms with Crippen LogP contribution in [0.1, 0.15) is 42.2 Å². The fraction of sp³-hybridized carbons (Fsp3) is 0.421. The van der Waals surface area contributed by atoms with E-state index in [1.165, 1.54) is 11.3 Å². The molecule has 28 heavy (non-hydrogen) atoms. The lowest BCUT2D eigenvalue weighted by Gasteiger charge is -2.35. The Morgan fingerprint density at radius 3 is 2.50 bits per heavy atom. The second-order valence-electron chi connectivity index (χ2n) is 6.97. The van der Waals surface area contributed by atoms with Crippen LogP contribution < -0.4 is 5.48 Å². The molecule has 1 aromatic heterocycles. The molecule has 152 valence electrons. The van der Waals surface area contributed by atoms with Gasteiger partial charge in [-0.15, -0.1) is 11.3 Å². The van der Waals surface area contributed by atoms with Crippen molar-refractivity contribution in [2.45, 2.75) is 36.5 Å². The highest BCUT2D eigenvalue weighted by molar-refractivity contribution is 7.92. The van der Waals surface area contributed by atoms with E-state index in [0.29, 0.717) is 29.7 Å². The standard InChI is InChI=1S/C19H23NO6S2/c21-12-15(22)13-3-5-14(6-4-13)16-7-8-17(27-16)19(11-18(23)20-24)9-1-2-10-28(19,25)26/h3-8,15,21-22,24H,1-2,9-12H2,(H,20,23)/t15?,19-/m0/s1. The fourth-order valence-corrected chi connectivity index (χ4v) is 7.41. The van der Waals surface area contributed by atoms with Gasteiger partial charge in [0.25, 0.3) is 0 Å². The molecule has 0 saturated carbocycles. The minimum Gasteiger partial charge on any atom is -0.393 e. The molecule has 1 aliphatic heterocycles. The van der Waals surface area contributed by atoms with Crippen LogP contribution in [0.4, 0.5) is 0 Å². The van der Waals surface area contributed by atoms with Crippen molar-refractivity contribution < 1.29 is 28.6 Å². The summed E-state index contributed by atoms with van der Waals surface area (Å²) in [6, 6.07) is 10.6. The average molecular weight is 426 g/mol. The van der Waals surface area contributed by atoms with E-state index < -0.39 is 26.6 Å². The number of rotatable bonds is 6. The number of aliphatic hydroxyl groups is 2. The van der Waals surface area contributed by atoms with Crippen LogP contribution in [-0.4, -0.2) is 42.1 Å². The zero-order valence-electron chi connectivity index (χ0n) is 15.2. The summed E-state index contributed by atoms with van der Waals surface area (Å²) < 4.78 is 24.6. The van der Waals surface area contributed by atoms with Crippen molar-refractivity contribution in [3.05, 3.63) is 46.8 Å². The van der Waals surface area contributed by atoms with Crippen LogP contribution in [0.25, 0.3) is 10.4 Å². The first kappa shape index (κ1) is 20.9. The van der Waals surface area contributed by atoms with Crippen molar-refractivity contribution in [3.63, 3.8) is 0 Å². The van der Waals surface area contributed by atoms with Gasteiger partial charge in [-0.3, -0.25) is 10.0 Å². The summed E-state index contributed by atoms with van der Waals surface area (Å²) in [5.41, 5.74) is 3.00. The molecule has 9 heteroatoms. The molecule has 1 aromatic carbocycles. The maximum atomic E-state index is 12.9. The topological polar surface area (TPSA) is 124 Å². The second kappa shape index (κ2) is 8.30. The maximum absolute atomic E-state index is 12.9. The molecule has 1 unspecified atom stereocenters. The Morgan fingerprint density at radius 1 is 1.18 bits per heavy atom. The third-order valence-electron chi connectivity index (χ3n) is 5.22. The van der Waals surface area contributed by atoms with Gasteiger partial charge in [0.05, 0.1) is 18.8 Å². The van der Waals surface area contributed by atoms with Gasteiger partial charge in [-0.25, -0.2) is 13.9 Å². The first-order chi connectivity index (χ1) is 13.3. The zero-order valence-corrected chi connectivity index (χ0v) is 16.8. The first-order valence-corrected chi connectivity index (χ1v) is 11.4. The van der Waals surface area contributed by atoms with Gasteiger partial charge in [0.1, 0.15) is 10.9 Å². The van der Waals surface area contributed by atoms with Gasteiger partial charge in [0, 0.05) is 9.75 Å². The molecular weight excluding hydrogens is 402 g/mol. The Morgan fingerprint density at radius 2 is 1.89 bits per heavy atom. The van der Waals surface area contributed by atoms with E-state index in [9.17, 15) is 18.3 Å². The molecule has 1 saturated heterocycles. The predicted molar refractivity (Wildman–Crippen MR) is 106 cm³/mol. The molecule has 2 atom stereocenters. The lowest BCUT2D eigenvalue weighted by molar-refractivity contribution is -0.130. The molecule has 0 aliphatic carbocycles. The smallest absolute Gasteiger partial charge is 0.245 e. The number of thiophene rings is 1. The van der Waals surface area contributed by atoms with Gasteiger partial charge >= 0.3 is 0 Å². The number of nitrogens with one attached hydrogen (secondary N) is 1. The highest BCUT2D eigenvalue weighted by Gasteiger charge is 2.49. The molecule has 2 heterocycles. The van der Waals surface area contributed by atoms with E-state index in [1.54, 1.807) is 35.8 Å². The van der Waals surface area contributed by atoms with E-state index in [2.05, 4.69) is 0 Å². The van der Waals surface area contributed by atoms with Crippen LogP contribution in [0, 0.1) is 0 Å². The van der Waals surface area contributed by atoms with Crippen LogP contribution in [0.2, 0.25) is 0 Å². The lowest BCUT2D eigenvalue weighted by Crippen LogP contribution is -2.43. The average Bonchev–Trinajstić information content (AvgIpc) is 3.19. The SMILES string of the molecule is O=C(C[C@]1(c2ccc(-c3ccc(C(O)CO)cc3)s2)CCCCS1(=O)=O)NO. The number of benzene rings is 1. The van der Waals surface area contributed by atoms with E-state index >= 15 is 0 Å². The number of hydrogen-bond donors (Lipinski definition) is 4. The van der Waals surface area contributed by atoms with Gasteiger partial charge in [-0.05, 0) is 36.1 Å². The van der Waals surface area contributed by atoms with Crippen LogP contribution in [0.5, 0.6) is 0 Å². The third kappa shape index (κ3) is 3.85. The molecule has 0 radical (unpaired) electrons. The quantitative estimate of drug-likeness (QED) is 0.415. The number of sulfone groups is 1. The summed E-state index contributed by atoms with van der Waals surface area (Å²) in [4.78, 5) is 13.3. The third-order valence-corrected chi connectivity index (χ3v) is 9.27. The van der Waals surface area contributed by atoms with E-state index in [1.807, 2.05) is 6.07 Å². The van der Waals surface area contributed by atoms with Crippen LogP contribution >= 0.6 is 11.3 Å². The molecule has 2 aromatic rings. The molecule has 0 bridgehead atoms. The van der Waals surface area contributed by atoms with E-state index in [0.717, 1.165) is 10.4 Å². The van der Waals surface area contributed by atoms with Crippen molar-refractivity contribution in [2.24, 2.45) is 0 Å². The van der Waals surface area contributed by atoms with E-state index in [-0.39, 0.29) is 18.8 Å². The van der Waals surface area contributed by atoms with Crippen molar-refractivity contribution in [1.82, 2.24) is 5.48 Å². The minimum atomic E-state index is -3.56. The second-order valence-corrected chi connectivity index (χ2v) is 10.5. The van der Waals surface area contributed by atoms with Gasteiger partial charge < -0.3 is 10.2 Å². The Kier molecular flexibility index (Phi) is 6.21. The maximum Gasteiger partial charge on any atom is 0.245 e. The minimum absolute atomic E-state index is 0.0205. The Hall–Kier alpha value is -1.78. The normalized spacial score (nSPS) is 22.5. The van der Waals surface area contributed by atoms with E-state index in [4.69, 9.17) is 10.3 Å². The summed E-state index contributed by atoms with van der Waals surface area (Å²) in [6.45, 7) is -0.365. The van der Waals surface area contributed by atoms with Gasteiger partial charge in [-0.1, -0.05) is 30.7 Å². The highest BCUT2D eigenvalue weighted by Crippen LogP contribution is 2.47. The molecule has 7 nitrogen and oxygen atoms in total. The molecule has 0 spiro atoms. The number of hydrogen-bond acceptors (Lipinski definition) is 7. The molecule has 4 N–H and O–H groups in total. The zero-order chi connectivity index (χ0) is 20.4. The largest absolute Gasteiger partial charge is 0.393 e. The van der Waals surface area contributed by atoms with Crippen LogP contribution in [-0.2, 0) is 19.4 Å². The summed E-state index contributed by atoms with van der Waals surface area (Å²) >= 11 is 1.31. The fourth-order valence-electron chi connectivity index (χ4n) is 3.63. The Balaban J connectivity index is 1.98. The summed E-state index contributed by atoms with van der Waals surface area (Å²) in [5, 5.41) is 27.7.